The van der Waals surface area contributed by atoms with Gasteiger partial charge in [-0.15, -0.1) is 0 Å². The largest absolute Gasteiger partial charge is 0.497 e. The van der Waals surface area contributed by atoms with Gasteiger partial charge in [0.25, 0.3) is 0 Å². The molecule has 2 N–H and O–H groups in total. The van der Waals surface area contributed by atoms with E-state index in [4.69, 9.17) is 18.9 Å². The summed E-state index contributed by atoms with van der Waals surface area (Å²) in [6.07, 6.45) is 1.89. The SMILES string of the molecule is CCOc1cc(CCCNC(=NC)NCc2ccc(OC)cc2OC)ccc1OC. The van der Waals surface area contributed by atoms with Crippen LogP contribution in [0.15, 0.2) is 41.4 Å². The zero-order valence-electron chi connectivity index (χ0n) is 18.6. The normalized spacial score (nSPS) is 11.0. The Morgan fingerprint density at radius 1 is 0.900 bits per heavy atom. The molecule has 0 saturated heterocycles. The molecular weight excluding hydrogens is 382 g/mol. The molecule has 2 rings (SSSR count). The fourth-order valence-corrected chi connectivity index (χ4v) is 3.04. The molecule has 2 aromatic rings. The van der Waals surface area contributed by atoms with E-state index in [1.54, 1.807) is 28.4 Å². The van der Waals surface area contributed by atoms with Gasteiger partial charge in [0.05, 0.1) is 27.9 Å². The van der Waals surface area contributed by atoms with E-state index < -0.39 is 0 Å². The number of hydrogen-bond acceptors (Lipinski definition) is 5. The molecule has 0 aliphatic heterocycles. The van der Waals surface area contributed by atoms with Gasteiger partial charge in [-0.3, -0.25) is 4.99 Å². The summed E-state index contributed by atoms with van der Waals surface area (Å²) in [7, 11) is 6.71. The van der Waals surface area contributed by atoms with E-state index in [9.17, 15) is 0 Å². The van der Waals surface area contributed by atoms with Gasteiger partial charge in [0.1, 0.15) is 11.5 Å². The zero-order valence-corrected chi connectivity index (χ0v) is 18.6. The summed E-state index contributed by atoms with van der Waals surface area (Å²) in [6.45, 7) is 3.98. The number of hydrogen-bond donors (Lipinski definition) is 2. The molecular formula is C23H33N3O4. The van der Waals surface area contributed by atoms with Gasteiger partial charge in [-0.05, 0) is 49.6 Å². The van der Waals surface area contributed by atoms with Gasteiger partial charge in [0, 0.05) is 31.8 Å². The van der Waals surface area contributed by atoms with Crippen LogP contribution in [0.1, 0.15) is 24.5 Å². The minimum Gasteiger partial charge on any atom is -0.497 e. The van der Waals surface area contributed by atoms with Crippen molar-refractivity contribution in [3.05, 3.63) is 47.5 Å². The minimum absolute atomic E-state index is 0.600. The molecule has 0 unspecified atom stereocenters. The van der Waals surface area contributed by atoms with Gasteiger partial charge in [0.2, 0.25) is 0 Å². The number of methoxy groups -OCH3 is 3. The van der Waals surface area contributed by atoms with E-state index in [1.807, 2.05) is 37.3 Å². The monoisotopic (exact) mass is 415 g/mol. The first kappa shape index (κ1) is 23.2. The molecule has 0 aromatic heterocycles. The molecule has 30 heavy (non-hydrogen) atoms. The minimum atomic E-state index is 0.600. The van der Waals surface area contributed by atoms with Crippen LogP contribution in [0.2, 0.25) is 0 Å². The maximum absolute atomic E-state index is 5.65. The molecule has 164 valence electrons. The molecule has 7 heteroatoms. The topological polar surface area (TPSA) is 73.3 Å². The molecule has 7 nitrogen and oxygen atoms in total. The third-order valence-electron chi connectivity index (χ3n) is 4.63. The predicted octanol–water partition coefficient (Wildman–Crippen LogP) is 3.41. The summed E-state index contributed by atoms with van der Waals surface area (Å²) < 4.78 is 21.7. The molecule has 0 aliphatic carbocycles. The Morgan fingerprint density at radius 3 is 2.37 bits per heavy atom. The highest BCUT2D eigenvalue weighted by atomic mass is 16.5. The quantitative estimate of drug-likeness (QED) is 0.333. The van der Waals surface area contributed by atoms with Gasteiger partial charge < -0.3 is 29.6 Å². The van der Waals surface area contributed by atoms with Gasteiger partial charge >= 0.3 is 0 Å². The van der Waals surface area contributed by atoms with Crippen molar-refractivity contribution in [2.24, 2.45) is 4.99 Å². The first-order chi connectivity index (χ1) is 14.6. The van der Waals surface area contributed by atoms with Crippen molar-refractivity contribution >= 4 is 5.96 Å². The molecule has 0 saturated carbocycles. The highest BCUT2D eigenvalue weighted by molar-refractivity contribution is 5.79. The molecule has 0 radical (unpaired) electrons. The van der Waals surface area contributed by atoms with Gasteiger partial charge in [-0.2, -0.15) is 0 Å². The maximum atomic E-state index is 5.65. The number of aryl methyl sites for hydroxylation is 1. The molecule has 0 bridgehead atoms. The highest BCUT2D eigenvalue weighted by Crippen LogP contribution is 2.28. The van der Waals surface area contributed by atoms with Gasteiger partial charge in [-0.1, -0.05) is 6.07 Å². The molecule has 0 fully saturated rings. The lowest BCUT2D eigenvalue weighted by atomic mass is 10.1. The van der Waals surface area contributed by atoms with E-state index in [2.05, 4.69) is 21.7 Å². The van der Waals surface area contributed by atoms with Crippen LogP contribution in [0.3, 0.4) is 0 Å². The van der Waals surface area contributed by atoms with E-state index >= 15 is 0 Å². The molecule has 0 amide bonds. The lowest BCUT2D eigenvalue weighted by Crippen LogP contribution is -2.37. The van der Waals surface area contributed by atoms with Crippen molar-refractivity contribution in [2.45, 2.75) is 26.3 Å². The van der Waals surface area contributed by atoms with E-state index in [-0.39, 0.29) is 0 Å². The maximum Gasteiger partial charge on any atom is 0.191 e. The Kier molecular flexibility index (Phi) is 9.64. The molecule has 0 spiro atoms. The molecule has 0 heterocycles. The van der Waals surface area contributed by atoms with Gasteiger partial charge in [0.15, 0.2) is 17.5 Å². The first-order valence-corrected chi connectivity index (χ1v) is 10.1. The van der Waals surface area contributed by atoms with Crippen LogP contribution in [0, 0.1) is 0 Å². The van der Waals surface area contributed by atoms with E-state index in [1.165, 1.54) is 5.56 Å². The summed E-state index contributed by atoms with van der Waals surface area (Å²) in [5.41, 5.74) is 2.25. The molecule has 0 aliphatic rings. The second-order valence-corrected chi connectivity index (χ2v) is 6.55. The van der Waals surface area contributed by atoms with Crippen molar-refractivity contribution in [1.29, 1.82) is 0 Å². The van der Waals surface area contributed by atoms with Crippen LogP contribution < -0.4 is 29.6 Å². The summed E-state index contributed by atoms with van der Waals surface area (Å²) in [4.78, 5) is 4.29. The number of benzene rings is 2. The summed E-state index contributed by atoms with van der Waals surface area (Å²) in [6, 6.07) is 11.9. The lowest BCUT2D eigenvalue weighted by Gasteiger charge is -2.15. The van der Waals surface area contributed by atoms with Crippen LogP contribution >= 0.6 is 0 Å². The summed E-state index contributed by atoms with van der Waals surface area (Å²) >= 11 is 0. The number of aliphatic imine (C=N–C) groups is 1. The van der Waals surface area contributed by atoms with Gasteiger partial charge in [-0.25, -0.2) is 0 Å². The van der Waals surface area contributed by atoms with Crippen molar-refractivity contribution < 1.29 is 18.9 Å². The fraction of sp³-hybridized carbons (Fsp3) is 0.435. The Morgan fingerprint density at radius 2 is 1.70 bits per heavy atom. The van der Waals surface area contributed by atoms with Crippen molar-refractivity contribution in [3.8, 4) is 23.0 Å². The Hall–Kier alpha value is -3.09. The summed E-state index contributed by atoms with van der Waals surface area (Å²) in [5.74, 6) is 3.84. The average molecular weight is 416 g/mol. The van der Waals surface area contributed by atoms with Crippen LogP contribution in [0.25, 0.3) is 0 Å². The number of nitrogens with zero attached hydrogens (tertiary/aromatic N) is 1. The van der Waals surface area contributed by atoms with E-state index in [0.29, 0.717) is 13.2 Å². The smallest absolute Gasteiger partial charge is 0.191 e. The third kappa shape index (κ3) is 6.76. The Bertz CT molecular complexity index is 824. The van der Waals surface area contributed by atoms with Crippen molar-refractivity contribution in [3.63, 3.8) is 0 Å². The standard InChI is InChI=1S/C23H33N3O4/c1-6-30-22-14-17(9-12-20(22)28-4)8-7-13-25-23(24-2)26-16-18-10-11-19(27-3)15-21(18)29-5/h9-12,14-15H,6-8,13,16H2,1-5H3,(H2,24,25,26). The Balaban J connectivity index is 1.82. The van der Waals surface area contributed by atoms with Crippen LogP contribution in [-0.2, 0) is 13.0 Å². The summed E-state index contributed by atoms with van der Waals surface area (Å²) in [5, 5.41) is 6.67. The average Bonchev–Trinajstić information content (AvgIpc) is 2.79. The first-order valence-electron chi connectivity index (χ1n) is 10.1. The zero-order chi connectivity index (χ0) is 21.8. The molecule has 0 atom stereocenters. The van der Waals surface area contributed by atoms with E-state index in [0.717, 1.165) is 53.9 Å². The second-order valence-electron chi connectivity index (χ2n) is 6.55. The van der Waals surface area contributed by atoms with Crippen LogP contribution in [0.5, 0.6) is 23.0 Å². The second kappa shape index (κ2) is 12.5. The predicted molar refractivity (Wildman–Crippen MR) is 120 cm³/mol. The van der Waals surface area contributed by atoms with Crippen LogP contribution in [0.4, 0.5) is 0 Å². The number of guanidine groups is 1. The van der Waals surface area contributed by atoms with Crippen molar-refractivity contribution in [2.75, 3.05) is 41.5 Å². The lowest BCUT2D eigenvalue weighted by molar-refractivity contribution is 0.310. The number of nitrogens with one attached hydrogen (secondary N) is 2. The Labute approximate surface area is 179 Å². The third-order valence-corrected chi connectivity index (χ3v) is 4.63. The van der Waals surface area contributed by atoms with Crippen LogP contribution in [-0.4, -0.2) is 47.5 Å². The number of rotatable bonds is 11. The molecule has 2 aromatic carbocycles. The fourth-order valence-electron chi connectivity index (χ4n) is 3.04. The highest BCUT2D eigenvalue weighted by Gasteiger charge is 2.07. The number of ether oxygens (including phenoxy) is 4. The van der Waals surface area contributed by atoms with Crippen molar-refractivity contribution in [1.82, 2.24) is 10.6 Å².